The van der Waals surface area contributed by atoms with E-state index >= 15 is 0 Å². The van der Waals surface area contributed by atoms with Crippen molar-refractivity contribution >= 4 is 45.5 Å². The number of carboxylic acid groups (broad SMARTS) is 1. The Morgan fingerprint density at radius 3 is 1.79 bits per heavy atom. The molecule has 20 nitrogen and oxygen atoms in total. The number of morpholine rings is 1. The second-order valence-electron chi connectivity index (χ2n) is 18.4. The summed E-state index contributed by atoms with van der Waals surface area (Å²) in [6.45, 7) is 8.57. The largest absolute Gasteiger partial charge is 0.495 e. The molecule has 390 valence electrons. The molecule has 1 aliphatic heterocycles. The molecule has 5 atom stereocenters. The Kier molecular flexibility index (Phi) is 22.2. The number of carboxylic acids is 1. The van der Waals surface area contributed by atoms with Gasteiger partial charge in [0.2, 0.25) is 23.6 Å². The van der Waals surface area contributed by atoms with Crippen LogP contribution in [0.25, 0.3) is 0 Å². The van der Waals surface area contributed by atoms with Crippen LogP contribution in [0.15, 0.2) is 77.7 Å². The van der Waals surface area contributed by atoms with Gasteiger partial charge in [-0.1, -0.05) is 88.4 Å². The van der Waals surface area contributed by atoms with Gasteiger partial charge in [0, 0.05) is 31.6 Å². The number of hydrogen-bond acceptors (Lipinski definition) is 15. The number of hydrogen-bond donors (Lipinski definition) is 6. The van der Waals surface area contributed by atoms with Gasteiger partial charge in [-0.05, 0) is 55.6 Å². The SMILES string of the molecule is COc1cc(OCC(=O)O)cc(OC)c1S(=O)(=O)OCC(C)(O)C(=O)[C@H](CC(C)C)NC(=O)[C@H](Cc1ccccc1)NC(=O)[C@H](CC(C)C)NC(=O)[C@H](CCc1ccccc1)NC(=O)CN1CCOCC1. The number of amides is 4. The fourth-order valence-electron chi connectivity index (χ4n) is 7.74. The highest BCUT2D eigenvalue weighted by molar-refractivity contribution is 7.87. The molecular weight excluding hydrogens is 943 g/mol. The van der Waals surface area contributed by atoms with Crippen LogP contribution in [0.4, 0.5) is 0 Å². The number of rotatable bonds is 29. The van der Waals surface area contributed by atoms with Crippen LogP contribution in [0.1, 0.15) is 65.0 Å². The summed E-state index contributed by atoms with van der Waals surface area (Å²) in [5.74, 6) is -5.92. The van der Waals surface area contributed by atoms with E-state index in [1.54, 1.807) is 44.2 Å². The Morgan fingerprint density at radius 2 is 1.24 bits per heavy atom. The van der Waals surface area contributed by atoms with E-state index in [4.69, 9.17) is 28.2 Å². The van der Waals surface area contributed by atoms with E-state index < -0.39 is 87.5 Å². The molecule has 4 rings (SSSR count). The van der Waals surface area contributed by atoms with Crippen LogP contribution < -0.4 is 35.5 Å². The fourth-order valence-corrected chi connectivity index (χ4v) is 9.02. The van der Waals surface area contributed by atoms with Crippen LogP contribution in [-0.2, 0) is 60.6 Å². The Bertz CT molecular complexity index is 2340. The number of nitrogens with one attached hydrogen (secondary N) is 4. The van der Waals surface area contributed by atoms with Gasteiger partial charge < -0.3 is 50.4 Å². The monoisotopic (exact) mass is 1010 g/mol. The van der Waals surface area contributed by atoms with Gasteiger partial charge in [-0.2, -0.15) is 8.42 Å². The van der Waals surface area contributed by atoms with Crippen LogP contribution in [-0.4, -0.2) is 149 Å². The van der Waals surface area contributed by atoms with Gasteiger partial charge >= 0.3 is 16.1 Å². The topological polar surface area (TPSA) is 275 Å². The molecule has 71 heavy (non-hydrogen) atoms. The molecule has 1 unspecified atom stereocenters. The molecule has 21 heteroatoms. The zero-order chi connectivity index (χ0) is 52.3. The number of ketones is 1. The maximum Gasteiger partial charge on any atom is 0.341 e. The minimum absolute atomic E-state index is 0.0212. The molecule has 0 radical (unpaired) electrons. The number of aryl methyl sites for hydroxylation is 1. The summed E-state index contributed by atoms with van der Waals surface area (Å²) in [4.78, 5) is 82.9. The molecule has 6 N–H and O–H groups in total. The summed E-state index contributed by atoms with van der Waals surface area (Å²) in [7, 11) is -2.60. The van der Waals surface area contributed by atoms with Crippen molar-refractivity contribution < 1.29 is 70.5 Å². The normalized spacial score (nSPS) is 15.6. The van der Waals surface area contributed by atoms with Crippen molar-refractivity contribution in [1.82, 2.24) is 26.2 Å². The van der Waals surface area contributed by atoms with E-state index in [1.165, 1.54) is 0 Å². The first-order valence-electron chi connectivity index (χ1n) is 23.5. The van der Waals surface area contributed by atoms with Crippen molar-refractivity contribution in [2.24, 2.45) is 11.8 Å². The van der Waals surface area contributed by atoms with Crippen molar-refractivity contribution in [3.05, 3.63) is 83.9 Å². The number of nitrogens with zero attached hydrogens (tertiary/aromatic N) is 1. The first-order valence-corrected chi connectivity index (χ1v) is 24.9. The summed E-state index contributed by atoms with van der Waals surface area (Å²) in [5.41, 5.74) is -0.946. The highest BCUT2D eigenvalue weighted by atomic mass is 32.2. The summed E-state index contributed by atoms with van der Waals surface area (Å²) in [6, 6.07) is 15.5. The highest BCUT2D eigenvalue weighted by Crippen LogP contribution is 2.39. The zero-order valence-corrected chi connectivity index (χ0v) is 42.3. The number of ether oxygens (including phenoxy) is 4. The van der Waals surface area contributed by atoms with Gasteiger partial charge in [0.1, 0.15) is 47.6 Å². The number of benzene rings is 3. The molecule has 0 bridgehead atoms. The first-order chi connectivity index (χ1) is 33.6. The molecule has 0 aliphatic carbocycles. The predicted octanol–water partition coefficient (Wildman–Crippen LogP) is 2.43. The molecule has 1 aliphatic rings. The maximum absolute atomic E-state index is 14.4. The molecule has 1 fully saturated rings. The number of carbonyl (C=O) groups excluding carboxylic acids is 5. The second kappa shape index (κ2) is 27.5. The Labute approximate surface area is 415 Å². The smallest absolute Gasteiger partial charge is 0.341 e. The number of methoxy groups -OCH3 is 2. The molecule has 4 amide bonds. The van der Waals surface area contributed by atoms with Gasteiger partial charge in [-0.3, -0.25) is 33.1 Å². The molecular formula is C50H69N5O15S. The lowest BCUT2D eigenvalue weighted by Crippen LogP contribution is -2.60. The summed E-state index contributed by atoms with van der Waals surface area (Å²) in [5, 5.41) is 31.8. The Morgan fingerprint density at radius 1 is 0.732 bits per heavy atom. The molecule has 1 saturated heterocycles. The number of Topliss-reactive ketones (excluding diaryl/α,β-unsaturated/α-hetero) is 1. The molecule has 1 heterocycles. The molecule has 0 saturated carbocycles. The van der Waals surface area contributed by atoms with E-state index in [9.17, 15) is 42.3 Å². The third kappa shape index (κ3) is 18.5. The van der Waals surface area contributed by atoms with Crippen LogP contribution in [0, 0.1) is 11.8 Å². The standard InChI is InChI=1S/C50H69N5O15S/c1-32(2)24-38(46(59)50(5,63)31-70-71(64,65)45-41(66-6)27-36(28-42(45)67-7)69-30-44(57)58)52-49(62)40(26-35-16-12-9-13-17-35)54-48(61)39(25-33(3)4)53-47(60)37(19-18-34-14-10-8-11-15-34)51-43(56)29-55-20-22-68-23-21-55/h8-17,27-28,32-33,37-40,63H,18-26,29-31H2,1-7H3,(H,51,56)(H,52,62)(H,53,60)(H,54,61)(H,57,58)/t37-,38-,39-,40-,50?/m0/s1. The van der Waals surface area contributed by atoms with Crippen molar-refractivity contribution in [3.63, 3.8) is 0 Å². The zero-order valence-electron chi connectivity index (χ0n) is 41.4. The van der Waals surface area contributed by atoms with Gasteiger partial charge in [0.25, 0.3) is 0 Å². The van der Waals surface area contributed by atoms with E-state index in [-0.39, 0.29) is 67.2 Å². The van der Waals surface area contributed by atoms with Crippen molar-refractivity contribution in [1.29, 1.82) is 0 Å². The van der Waals surface area contributed by atoms with E-state index in [1.807, 2.05) is 49.1 Å². The highest BCUT2D eigenvalue weighted by Gasteiger charge is 2.41. The quantitative estimate of drug-likeness (QED) is 0.0545. The fraction of sp³-hybridized carbons (Fsp3) is 0.520. The van der Waals surface area contributed by atoms with Gasteiger partial charge in [-0.15, -0.1) is 0 Å². The van der Waals surface area contributed by atoms with Crippen molar-refractivity contribution in [3.8, 4) is 17.2 Å². The third-order valence-corrected chi connectivity index (χ3v) is 12.7. The predicted molar refractivity (Wildman–Crippen MR) is 260 cm³/mol. The third-order valence-electron chi connectivity index (χ3n) is 11.4. The molecule has 3 aromatic carbocycles. The van der Waals surface area contributed by atoms with Crippen LogP contribution in [0.2, 0.25) is 0 Å². The molecule has 0 spiro atoms. The minimum Gasteiger partial charge on any atom is -0.495 e. The summed E-state index contributed by atoms with van der Waals surface area (Å²) < 4.78 is 53.6. The number of carbonyl (C=O) groups is 6. The summed E-state index contributed by atoms with van der Waals surface area (Å²) >= 11 is 0. The lowest BCUT2D eigenvalue weighted by atomic mass is 9.90. The van der Waals surface area contributed by atoms with Crippen molar-refractivity contribution in [2.75, 3.05) is 60.3 Å². The van der Waals surface area contributed by atoms with E-state index in [0.717, 1.165) is 38.8 Å². The van der Waals surface area contributed by atoms with E-state index in [0.29, 0.717) is 38.3 Å². The van der Waals surface area contributed by atoms with Gasteiger partial charge in [-0.25, -0.2) is 4.79 Å². The second-order valence-corrected chi connectivity index (χ2v) is 19.9. The lowest BCUT2D eigenvalue weighted by molar-refractivity contribution is -0.143. The average molecular weight is 1010 g/mol. The Balaban J connectivity index is 1.57. The average Bonchev–Trinajstić information content (AvgIpc) is 3.33. The van der Waals surface area contributed by atoms with Gasteiger partial charge in [0.05, 0.1) is 40.0 Å². The van der Waals surface area contributed by atoms with Crippen LogP contribution in [0.5, 0.6) is 17.2 Å². The Hall–Kier alpha value is -6.13. The lowest BCUT2D eigenvalue weighted by Gasteiger charge is -2.30. The van der Waals surface area contributed by atoms with E-state index in [2.05, 4.69) is 21.3 Å². The van der Waals surface area contributed by atoms with Crippen LogP contribution in [0.3, 0.4) is 0 Å². The van der Waals surface area contributed by atoms with Crippen molar-refractivity contribution in [2.45, 2.75) is 101 Å². The number of aliphatic carboxylic acids is 1. The first kappa shape index (κ1) is 57.4. The number of aliphatic hydroxyl groups is 1. The molecule has 3 aromatic rings. The van der Waals surface area contributed by atoms with Gasteiger partial charge in [0.15, 0.2) is 17.3 Å². The summed E-state index contributed by atoms with van der Waals surface area (Å²) in [6.07, 6.45) is 0.763. The maximum atomic E-state index is 14.4. The molecule has 0 aromatic heterocycles. The van der Waals surface area contributed by atoms with Crippen LogP contribution >= 0.6 is 0 Å². The minimum atomic E-state index is -4.88.